The lowest BCUT2D eigenvalue weighted by molar-refractivity contribution is -0.0721. The fourth-order valence-electron chi connectivity index (χ4n) is 4.88. The molecule has 1 N–H and O–H groups in total. The Labute approximate surface area is 193 Å². The van der Waals surface area contributed by atoms with Crippen LogP contribution in [0.3, 0.4) is 0 Å². The summed E-state index contributed by atoms with van der Waals surface area (Å²) in [6.45, 7) is 8.90. The maximum Gasteiger partial charge on any atom is 0.193 e. The van der Waals surface area contributed by atoms with Gasteiger partial charge in [0.05, 0.1) is 18.8 Å². The maximum atomic E-state index is 6.16. The smallest absolute Gasteiger partial charge is 0.193 e. The number of aromatic nitrogens is 1. The SMILES string of the molecule is CN=C(NCc1ccc(N2CCC(C)CC2)nc1)N1CCC(OCC2CCCCO2)CC1. The molecule has 1 aromatic rings. The highest BCUT2D eigenvalue weighted by molar-refractivity contribution is 5.79. The van der Waals surface area contributed by atoms with Crippen molar-refractivity contribution in [3.8, 4) is 0 Å². The van der Waals surface area contributed by atoms with E-state index in [1.165, 1.54) is 31.2 Å². The van der Waals surface area contributed by atoms with Gasteiger partial charge in [0.2, 0.25) is 0 Å². The second-order valence-corrected chi connectivity index (χ2v) is 9.60. The number of piperidine rings is 2. The van der Waals surface area contributed by atoms with Crippen molar-refractivity contribution in [2.45, 2.75) is 70.6 Å². The molecule has 0 aliphatic carbocycles. The maximum absolute atomic E-state index is 6.16. The van der Waals surface area contributed by atoms with E-state index in [0.29, 0.717) is 12.2 Å². The van der Waals surface area contributed by atoms with Crippen molar-refractivity contribution >= 4 is 11.8 Å². The predicted octanol–water partition coefficient (Wildman–Crippen LogP) is 3.44. The first-order valence-corrected chi connectivity index (χ1v) is 12.6. The fraction of sp³-hybridized carbons (Fsp3) is 0.760. The zero-order chi connectivity index (χ0) is 22.2. The third kappa shape index (κ3) is 6.58. The van der Waals surface area contributed by atoms with Crippen LogP contribution in [0.4, 0.5) is 5.82 Å². The van der Waals surface area contributed by atoms with Crippen molar-refractivity contribution in [1.82, 2.24) is 15.2 Å². The minimum Gasteiger partial charge on any atom is -0.376 e. The molecule has 1 aromatic heterocycles. The largest absolute Gasteiger partial charge is 0.376 e. The van der Waals surface area contributed by atoms with Crippen molar-refractivity contribution in [2.24, 2.45) is 10.9 Å². The average Bonchev–Trinajstić information content (AvgIpc) is 2.85. The molecule has 0 aromatic carbocycles. The van der Waals surface area contributed by atoms with Crippen LogP contribution in [-0.4, -0.2) is 74.5 Å². The van der Waals surface area contributed by atoms with E-state index < -0.39 is 0 Å². The van der Waals surface area contributed by atoms with E-state index in [9.17, 15) is 0 Å². The molecule has 7 nitrogen and oxygen atoms in total. The van der Waals surface area contributed by atoms with Gasteiger partial charge < -0.3 is 24.6 Å². The van der Waals surface area contributed by atoms with Crippen molar-refractivity contribution in [2.75, 3.05) is 51.3 Å². The number of hydrogen-bond acceptors (Lipinski definition) is 5. The fourth-order valence-corrected chi connectivity index (χ4v) is 4.88. The molecule has 0 bridgehead atoms. The zero-order valence-corrected chi connectivity index (χ0v) is 20.0. The third-order valence-corrected chi connectivity index (χ3v) is 7.11. The molecule has 1 unspecified atom stereocenters. The molecule has 3 aliphatic rings. The molecular formula is C25H41N5O2. The van der Waals surface area contributed by atoms with E-state index in [1.807, 2.05) is 13.2 Å². The van der Waals surface area contributed by atoms with Gasteiger partial charge in [-0.15, -0.1) is 0 Å². The molecule has 4 heterocycles. The van der Waals surface area contributed by atoms with Gasteiger partial charge in [-0.2, -0.15) is 0 Å². The number of ether oxygens (including phenoxy) is 2. The Balaban J connectivity index is 1.18. The van der Waals surface area contributed by atoms with Crippen molar-refractivity contribution < 1.29 is 9.47 Å². The van der Waals surface area contributed by atoms with E-state index in [0.717, 1.165) is 82.9 Å². The van der Waals surface area contributed by atoms with E-state index in [-0.39, 0.29) is 0 Å². The van der Waals surface area contributed by atoms with Crippen LogP contribution >= 0.6 is 0 Å². The number of nitrogens with zero attached hydrogens (tertiary/aromatic N) is 4. The lowest BCUT2D eigenvalue weighted by Gasteiger charge is -2.35. The highest BCUT2D eigenvalue weighted by Gasteiger charge is 2.24. The summed E-state index contributed by atoms with van der Waals surface area (Å²) < 4.78 is 11.9. The topological polar surface area (TPSA) is 62.2 Å². The van der Waals surface area contributed by atoms with Crippen LogP contribution in [-0.2, 0) is 16.0 Å². The van der Waals surface area contributed by atoms with E-state index in [4.69, 9.17) is 14.5 Å². The molecule has 0 radical (unpaired) electrons. The van der Waals surface area contributed by atoms with Gasteiger partial charge in [-0.1, -0.05) is 13.0 Å². The van der Waals surface area contributed by atoms with Crippen LogP contribution in [0.25, 0.3) is 0 Å². The molecule has 3 saturated heterocycles. The van der Waals surface area contributed by atoms with Crippen molar-refractivity contribution in [1.29, 1.82) is 0 Å². The van der Waals surface area contributed by atoms with Gasteiger partial charge in [-0.3, -0.25) is 4.99 Å². The molecule has 0 amide bonds. The molecule has 32 heavy (non-hydrogen) atoms. The number of rotatable bonds is 6. The van der Waals surface area contributed by atoms with E-state index in [2.05, 4.69) is 39.2 Å². The number of anilines is 1. The van der Waals surface area contributed by atoms with Crippen LogP contribution in [0, 0.1) is 5.92 Å². The van der Waals surface area contributed by atoms with Crippen LogP contribution in [0.15, 0.2) is 23.3 Å². The Bertz CT molecular complexity index is 704. The van der Waals surface area contributed by atoms with Gasteiger partial charge in [-0.25, -0.2) is 4.98 Å². The average molecular weight is 444 g/mol. The standard InChI is InChI=1S/C25H41N5O2/c1-20-8-12-29(13-9-20)24-7-6-21(17-27-24)18-28-25(26-2)30-14-10-22(11-15-30)32-19-23-5-3-4-16-31-23/h6-7,17,20,22-23H,3-5,8-16,18-19H2,1-2H3,(H,26,28). The zero-order valence-electron chi connectivity index (χ0n) is 20.0. The number of aliphatic imine (C=N–C) groups is 1. The minimum absolute atomic E-state index is 0.301. The monoisotopic (exact) mass is 443 g/mol. The van der Waals surface area contributed by atoms with Crippen LogP contribution in [0.5, 0.6) is 0 Å². The summed E-state index contributed by atoms with van der Waals surface area (Å²) in [7, 11) is 1.87. The Morgan fingerprint density at radius 2 is 1.94 bits per heavy atom. The molecule has 3 aliphatic heterocycles. The number of pyridine rings is 1. The van der Waals surface area contributed by atoms with Gasteiger partial charge in [0.25, 0.3) is 0 Å². The Kier molecular flexibility index (Phi) is 8.62. The summed E-state index contributed by atoms with van der Waals surface area (Å²) in [5, 5.41) is 3.52. The Hall–Kier alpha value is -1.86. The van der Waals surface area contributed by atoms with Gasteiger partial charge in [-0.05, 0) is 62.5 Å². The van der Waals surface area contributed by atoms with Crippen LogP contribution < -0.4 is 10.2 Å². The quantitative estimate of drug-likeness (QED) is 0.537. The minimum atomic E-state index is 0.301. The Morgan fingerprint density at radius 3 is 2.59 bits per heavy atom. The van der Waals surface area contributed by atoms with E-state index in [1.54, 1.807) is 0 Å². The molecule has 1 atom stereocenters. The first kappa shape index (κ1) is 23.3. The number of likely N-dealkylation sites (tertiary alicyclic amines) is 1. The van der Waals surface area contributed by atoms with Gasteiger partial charge >= 0.3 is 0 Å². The molecule has 178 valence electrons. The molecule has 7 heteroatoms. The highest BCUT2D eigenvalue weighted by atomic mass is 16.5. The second-order valence-electron chi connectivity index (χ2n) is 9.60. The summed E-state index contributed by atoms with van der Waals surface area (Å²) in [6, 6.07) is 4.35. The molecule has 4 rings (SSSR count). The first-order chi connectivity index (χ1) is 15.7. The van der Waals surface area contributed by atoms with Gasteiger partial charge in [0.1, 0.15) is 5.82 Å². The highest BCUT2D eigenvalue weighted by Crippen LogP contribution is 2.21. The summed E-state index contributed by atoms with van der Waals surface area (Å²) in [6.07, 6.45) is 10.8. The van der Waals surface area contributed by atoms with Crippen LogP contribution in [0.2, 0.25) is 0 Å². The van der Waals surface area contributed by atoms with Crippen LogP contribution in [0.1, 0.15) is 57.4 Å². The second kappa shape index (κ2) is 11.8. The first-order valence-electron chi connectivity index (χ1n) is 12.6. The van der Waals surface area contributed by atoms with E-state index >= 15 is 0 Å². The third-order valence-electron chi connectivity index (χ3n) is 7.11. The van der Waals surface area contributed by atoms with Gasteiger partial charge in [0, 0.05) is 52.6 Å². The summed E-state index contributed by atoms with van der Waals surface area (Å²) in [4.78, 5) is 14.0. The summed E-state index contributed by atoms with van der Waals surface area (Å²) >= 11 is 0. The van der Waals surface area contributed by atoms with Crippen molar-refractivity contribution in [3.05, 3.63) is 23.9 Å². The summed E-state index contributed by atoms with van der Waals surface area (Å²) in [5.74, 6) is 2.91. The Morgan fingerprint density at radius 1 is 1.12 bits per heavy atom. The summed E-state index contributed by atoms with van der Waals surface area (Å²) in [5.41, 5.74) is 1.19. The molecule has 0 saturated carbocycles. The van der Waals surface area contributed by atoms with Crippen molar-refractivity contribution in [3.63, 3.8) is 0 Å². The molecule has 3 fully saturated rings. The normalized spacial score (nSPS) is 24.1. The molecular weight excluding hydrogens is 402 g/mol. The molecule has 0 spiro atoms. The lowest BCUT2D eigenvalue weighted by atomic mass is 9.99. The van der Waals surface area contributed by atoms with Gasteiger partial charge in [0.15, 0.2) is 5.96 Å². The lowest BCUT2D eigenvalue weighted by Crippen LogP contribution is -2.47. The predicted molar refractivity (Wildman–Crippen MR) is 129 cm³/mol. The number of nitrogens with one attached hydrogen (secondary N) is 1. The number of guanidine groups is 1. The number of hydrogen-bond donors (Lipinski definition) is 1.